The fourth-order valence-electron chi connectivity index (χ4n) is 2.39. The average Bonchev–Trinajstić information content (AvgIpc) is 2.84. The van der Waals surface area contributed by atoms with Crippen LogP contribution in [-0.4, -0.2) is 46.9 Å². The number of carbonyl (C=O) groups excluding carboxylic acids is 1. The topological polar surface area (TPSA) is 76.6 Å². The van der Waals surface area contributed by atoms with Gasteiger partial charge in [0.1, 0.15) is 5.60 Å². The number of hydrogen-bond donors (Lipinski definition) is 1. The van der Waals surface area contributed by atoms with Crippen molar-refractivity contribution in [3.8, 4) is 5.88 Å². The van der Waals surface area contributed by atoms with E-state index in [1.54, 1.807) is 12.4 Å². The van der Waals surface area contributed by atoms with E-state index in [4.69, 9.17) is 9.47 Å². The van der Waals surface area contributed by atoms with Crippen molar-refractivity contribution in [3.05, 3.63) is 12.4 Å². The van der Waals surface area contributed by atoms with E-state index >= 15 is 0 Å². The number of hydrogen-bond acceptors (Lipinski definition) is 6. The van der Waals surface area contributed by atoms with E-state index in [0.717, 1.165) is 18.8 Å². The molecule has 0 aromatic carbocycles. The average molecular weight is 322 g/mol. The number of aromatic nitrogens is 2. The molecule has 0 saturated carbocycles. The smallest absolute Gasteiger partial charge is 0.407 e. The minimum absolute atomic E-state index is 0.0266. The SMILES string of the molecule is CC(C)Oc1nccnc1N1CCC(NC(=O)OC(C)(C)C)C1. The van der Waals surface area contributed by atoms with E-state index in [1.165, 1.54) is 0 Å². The van der Waals surface area contributed by atoms with Crippen molar-refractivity contribution in [1.29, 1.82) is 0 Å². The lowest BCUT2D eigenvalue weighted by atomic mass is 10.2. The molecule has 128 valence electrons. The van der Waals surface area contributed by atoms with Gasteiger partial charge in [-0.05, 0) is 41.0 Å². The monoisotopic (exact) mass is 322 g/mol. The summed E-state index contributed by atoms with van der Waals surface area (Å²) < 4.78 is 11.0. The summed E-state index contributed by atoms with van der Waals surface area (Å²) in [5.74, 6) is 1.25. The predicted molar refractivity (Wildman–Crippen MR) is 87.8 cm³/mol. The standard InChI is InChI=1S/C16H26N4O3/c1-11(2)22-14-13(17-7-8-18-14)20-9-6-12(10-20)19-15(21)23-16(3,4)5/h7-8,11-12H,6,9-10H2,1-5H3,(H,19,21). The highest BCUT2D eigenvalue weighted by Crippen LogP contribution is 2.27. The van der Waals surface area contributed by atoms with Crippen LogP contribution in [0.1, 0.15) is 41.0 Å². The fourth-order valence-corrected chi connectivity index (χ4v) is 2.39. The van der Waals surface area contributed by atoms with E-state index < -0.39 is 5.60 Å². The molecule has 1 N–H and O–H groups in total. The summed E-state index contributed by atoms with van der Waals surface area (Å²) >= 11 is 0. The lowest BCUT2D eigenvalue weighted by Gasteiger charge is -2.23. The first-order valence-electron chi connectivity index (χ1n) is 7.97. The Balaban J connectivity index is 1.96. The normalized spacial score (nSPS) is 18.2. The summed E-state index contributed by atoms with van der Waals surface area (Å²) in [5.41, 5.74) is -0.494. The van der Waals surface area contributed by atoms with Crippen molar-refractivity contribution in [2.45, 2.75) is 58.8 Å². The highest BCUT2D eigenvalue weighted by molar-refractivity contribution is 5.68. The van der Waals surface area contributed by atoms with Gasteiger partial charge in [0.15, 0.2) is 5.82 Å². The third kappa shape index (κ3) is 5.26. The summed E-state index contributed by atoms with van der Waals surface area (Å²) in [4.78, 5) is 22.6. The van der Waals surface area contributed by atoms with Crippen molar-refractivity contribution >= 4 is 11.9 Å². The first kappa shape index (κ1) is 17.3. The Morgan fingerprint density at radius 1 is 1.35 bits per heavy atom. The minimum atomic E-state index is -0.494. The van der Waals surface area contributed by atoms with Gasteiger partial charge < -0.3 is 19.7 Å². The van der Waals surface area contributed by atoms with Crippen LogP contribution in [0.2, 0.25) is 0 Å². The maximum Gasteiger partial charge on any atom is 0.407 e. The van der Waals surface area contributed by atoms with E-state index in [9.17, 15) is 4.79 Å². The molecule has 2 heterocycles. The molecule has 1 aromatic rings. The summed E-state index contributed by atoms with van der Waals surface area (Å²) in [6.45, 7) is 10.9. The highest BCUT2D eigenvalue weighted by Gasteiger charge is 2.28. The van der Waals surface area contributed by atoms with Gasteiger partial charge in [0.05, 0.1) is 12.1 Å². The Bertz CT molecular complexity index is 542. The van der Waals surface area contributed by atoms with E-state index in [2.05, 4.69) is 20.2 Å². The number of ether oxygens (including phenoxy) is 2. The molecule has 0 radical (unpaired) electrons. The zero-order valence-corrected chi connectivity index (χ0v) is 14.5. The summed E-state index contributed by atoms with van der Waals surface area (Å²) in [7, 11) is 0. The number of anilines is 1. The van der Waals surface area contributed by atoms with Crippen molar-refractivity contribution in [2.75, 3.05) is 18.0 Å². The Kier molecular flexibility index (Phi) is 5.28. The van der Waals surface area contributed by atoms with Gasteiger partial charge in [0.2, 0.25) is 0 Å². The minimum Gasteiger partial charge on any atom is -0.472 e. The number of alkyl carbamates (subject to hydrolysis) is 1. The molecule has 7 nitrogen and oxygen atoms in total. The number of carbonyl (C=O) groups is 1. The highest BCUT2D eigenvalue weighted by atomic mass is 16.6. The molecule has 23 heavy (non-hydrogen) atoms. The Morgan fingerprint density at radius 2 is 2.04 bits per heavy atom. The van der Waals surface area contributed by atoms with Crippen molar-refractivity contribution in [1.82, 2.24) is 15.3 Å². The van der Waals surface area contributed by atoms with E-state index in [1.807, 2.05) is 34.6 Å². The van der Waals surface area contributed by atoms with Crippen LogP contribution in [0.5, 0.6) is 5.88 Å². The van der Waals surface area contributed by atoms with Crippen molar-refractivity contribution in [3.63, 3.8) is 0 Å². The zero-order chi connectivity index (χ0) is 17.0. The molecule has 1 atom stereocenters. The predicted octanol–water partition coefficient (Wildman–Crippen LogP) is 2.37. The van der Waals surface area contributed by atoms with Crippen LogP contribution in [0.15, 0.2) is 12.4 Å². The molecule has 1 unspecified atom stereocenters. The van der Waals surface area contributed by atoms with Crippen molar-refractivity contribution in [2.24, 2.45) is 0 Å². The Labute approximate surface area is 137 Å². The van der Waals surface area contributed by atoms with Gasteiger partial charge in [-0.3, -0.25) is 0 Å². The van der Waals surface area contributed by atoms with Gasteiger partial charge in [0, 0.05) is 25.5 Å². The molecule has 1 aromatic heterocycles. The van der Waals surface area contributed by atoms with Crippen LogP contribution in [0.4, 0.5) is 10.6 Å². The van der Waals surface area contributed by atoms with E-state index in [-0.39, 0.29) is 18.2 Å². The van der Waals surface area contributed by atoms with Crippen LogP contribution in [0.25, 0.3) is 0 Å². The molecule has 2 rings (SSSR count). The second-order valence-corrected chi connectivity index (χ2v) is 6.93. The molecule has 1 aliphatic heterocycles. The van der Waals surface area contributed by atoms with Crippen LogP contribution < -0.4 is 15.0 Å². The lowest BCUT2D eigenvalue weighted by molar-refractivity contribution is 0.0509. The van der Waals surface area contributed by atoms with Gasteiger partial charge in [-0.2, -0.15) is 0 Å². The molecule has 0 bridgehead atoms. The van der Waals surface area contributed by atoms with Gasteiger partial charge in [-0.15, -0.1) is 0 Å². The fraction of sp³-hybridized carbons (Fsp3) is 0.688. The molecule has 1 saturated heterocycles. The first-order chi connectivity index (χ1) is 10.7. The molecule has 0 spiro atoms. The maximum atomic E-state index is 11.9. The summed E-state index contributed by atoms with van der Waals surface area (Å²) in [6.07, 6.45) is 3.74. The van der Waals surface area contributed by atoms with Gasteiger partial charge in [-0.25, -0.2) is 14.8 Å². The number of amides is 1. The zero-order valence-electron chi connectivity index (χ0n) is 14.5. The van der Waals surface area contributed by atoms with Crippen molar-refractivity contribution < 1.29 is 14.3 Å². The Morgan fingerprint density at radius 3 is 2.70 bits per heavy atom. The maximum absolute atomic E-state index is 11.9. The molecule has 7 heteroatoms. The largest absolute Gasteiger partial charge is 0.472 e. The molecule has 1 fully saturated rings. The third-order valence-electron chi connectivity index (χ3n) is 3.20. The molecule has 1 amide bonds. The van der Waals surface area contributed by atoms with E-state index in [0.29, 0.717) is 12.4 Å². The molecular weight excluding hydrogens is 296 g/mol. The second kappa shape index (κ2) is 7.02. The first-order valence-corrected chi connectivity index (χ1v) is 7.97. The Hall–Kier alpha value is -2.05. The molecular formula is C16H26N4O3. The number of rotatable bonds is 4. The third-order valence-corrected chi connectivity index (χ3v) is 3.20. The summed E-state index contributed by atoms with van der Waals surface area (Å²) in [6, 6.07) is 0.0266. The quantitative estimate of drug-likeness (QED) is 0.917. The number of nitrogens with zero attached hydrogens (tertiary/aromatic N) is 3. The van der Waals surface area contributed by atoms with Crippen LogP contribution in [0.3, 0.4) is 0 Å². The van der Waals surface area contributed by atoms with Gasteiger partial charge >= 0.3 is 6.09 Å². The molecule has 0 aliphatic carbocycles. The van der Waals surface area contributed by atoms with Crippen LogP contribution >= 0.6 is 0 Å². The van der Waals surface area contributed by atoms with Crippen LogP contribution in [0, 0.1) is 0 Å². The van der Waals surface area contributed by atoms with Gasteiger partial charge in [-0.1, -0.05) is 0 Å². The lowest BCUT2D eigenvalue weighted by Crippen LogP contribution is -2.40. The molecule has 1 aliphatic rings. The summed E-state index contributed by atoms with van der Waals surface area (Å²) in [5, 5.41) is 2.90. The number of nitrogens with one attached hydrogen (secondary N) is 1. The van der Waals surface area contributed by atoms with Crippen LogP contribution in [-0.2, 0) is 4.74 Å². The van der Waals surface area contributed by atoms with Gasteiger partial charge in [0.25, 0.3) is 5.88 Å². The second-order valence-electron chi connectivity index (χ2n) is 6.93.